The van der Waals surface area contributed by atoms with Crippen LogP contribution in [0, 0.1) is 5.82 Å². The maximum Gasteiger partial charge on any atom is 0.145 e. The highest BCUT2D eigenvalue weighted by atomic mass is 79.9. The average molecular weight is 372 g/mol. The maximum absolute atomic E-state index is 13.5. The predicted octanol–water partition coefficient (Wildman–Crippen LogP) is 4.68. The van der Waals surface area contributed by atoms with E-state index in [0.717, 1.165) is 5.69 Å². The SMILES string of the molecule is Fc1cc(Oc2ccnc(CNC3CC3)c2)c(Br)cc1Cl. The molecule has 1 heterocycles. The van der Waals surface area contributed by atoms with Gasteiger partial charge in [0.05, 0.1) is 15.2 Å². The Hall–Kier alpha value is -1.17. The second-order valence-electron chi connectivity index (χ2n) is 4.94. The molecule has 2 aromatic rings. The molecule has 21 heavy (non-hydrogen) atoms. The zero-order valence-corrected chi connectivity index (χ0v) is 13.4. The molecule has 0 saturated heterocycles. The highest BCUT2D eigenvalue weighted by Crippen LogP contribution is 2.33. The van der Waals surface area contributed by atoms with Crippen molar-refractivity contribution < 1.29 is 9.13 Å². The minimum Gasteiger partial charge on any atom is -0.456 e. The fourth-order valence-electron chi connectivity index (χ4n) is 1.86. The summed E-state index contributed by atoms with van der Waals surface area (Å²) in [4.78, 5) is 4.29. The number of pyridine rings is 1. The Morgan fingerprint density at radius 3 is 2.95 bits per heavy atom. The average Bonchev–Trinajstić information content (AvgIpc) is 3.27. The van der Waals surface area contributed by atoms with Gasteiger partial charge in [-0.15, -0.1) is 0 Å². The second kappa shape index (κ2) is 6.30. The molecule has 1 aromatic heterocycles. The molecule has 110 valence electrons. The van der Waals surface area contributed by atoms with Gasteiger partial charge in [0.2, 0.25) is 0 Å². The number of nitrogens with one attached hydrogen (secondary N) is 1. The van der Waals surface area contributed by atoms with Gasteiger partial charge in [0.15, 0.2) is 0 Å². The monoisotopic (exact) mass is 370 g/mol. The van der Waals surface area contributed by atoms with Crippen LogP contribution in [0.5, 0.6) is 11.5 Å². The van der Waals surface area contributed by atoms with Crippen LogP contribution in [0.4, 0.5) is 4.39 Å². The van der Waals surface area contributed by atoms with Crippen molar-refractivity contribution in [3.05, 3.63) is 51.5 Å². The van der Waals surface area contributed by atoms with Crippen molar-refractivity contribution in [3.8, 4) is 11.5 Å². The molecule has 0 bridgehead atoms. The molecule has 1 saturated carbocycles. The highest BCUT2D eigenvalue weighted by Gasteiger charge is 2.20. The van der Waals surface area contributed by atoms with Crippen LogP contribution in [0.15, 0.2) is 34.9 Å². The summed E-state index contributed by atoms with van der Waals surface area (Å²) >= 11 is 9.02. The first-order valence-electron chi connectivity index (χ1n) is 6.62. The van der Waals surface area contributed by atoms with E-state index in [9.17, 15) is 4.39 Å². The van der Waals surface area contributed by atoms with Crippen molar-refractivity contribution >= 4 is 27.5 Å². The first-order valence-corrected chi connectivity index (χ1v) is 7.79. The summed E-state index contributed by atoms with van der Waals surface area (Å²) in [5.74, 6) is 0.476. The van der Waals surface area contributed by atoms with Crippen molar-refractivity contribution in [1.82, 2.24) is 10.3 Å². The van der Waals surface area contributed by atoms with Crippen molar-refractivity contribution in [3.63, 3.8) is 0 Å². The third-order valence-electron chi connectivity index (χ3n) is 3.14. The molecule has 0 atom stereocenters. The van der Waals surface area contributed by atoms with E-state index >= 15 is 0 Å². The molecule has 0 aliphatic heterocycles. The van der Waals surface area contributed by atoms with E-state index in [1.54, 1.807) is 12.3 Å². The standard InChI is InChI=1S/C15H13BrClFN2O/c16-12-6-13(17)14(18)7-15(12)21-11-3-4-19-10(5-11)8-20-9-1-2-9/h3-7,9,20H,1-2,8H2. The van der Waals surface area contributed by atoms with Crippen molar-refractivity contribution in [2.24, 2.45) is 0 Å². The van der Waals surface area contributed by atoms with Crippen LogP contribution in [0.3, 0.4) is 0 Å². The maximum atomic E-state index is 13.5. The number of benzene rings is 1. The van der Waals surface area contributed by atoms with E-state index in [1.165, 1.54) is 25.0 Å². The summed E-state index contributed by atoms with van der Waals surface area (Å²) < 4.78 is 19.8. The topological polar surface area (TPSA) is 34.1 Å². The summed E-state index contributed by atoms with van der Waals surface area (Å²) in [7, 11) is 0. The molecule has 3 rings (SSSR count). The summed E-state index contributed by atoms with van der Waals surface area (Å²) in [6.45, 7) is 0.706. The number of halogens is 3. The Labute approximate surface area is 135 Å². The first kappa shape index (κ1) is 14.8. The lowest BCUT2D eigenvalue weighted by molar-refractivity contribution is 0.471. The van der Waals surface area contributed by atoms with Gasteiger partial charge in [-0.1, -0.05) is 11.6 Å². The molecule has 0 amide bonds. The third kappa shape index (κ3) is 3.93. The van der Waals surface area contributed by atoms with Crippen molar-refractivity contribution in [2.45, 2.75) is 25.4 Å². The van der Waals surface area contributed by atoms with Crippen LogP contribution < -0.4 is 10.1 Å². The van der Waals surface area contributed by atoms with Crippen LogP contribution in [-0.4, -0.2) is 11.0 Å². The molecular formula is C15H13BrClFN2O. The van der Waals surface area contributed by atoms with Crippen LogP contribution in [0.1, 0.15) is 18.5 Å². The lowest BCUT2D eigenvalue weighted by Gasteiger charge is -2.10. The van der Waals surface area contributed by atoms with E-state index in [-0.39, 0.29) is 5.02 Å². The Morgan fingerprint density at radius 1 is 1.38 bits per heavy atom. The van der Waals surface area contributed by atoms with Gasteiger partial charge in [-0.2, -0.15) is 0 Å². The minimum absolute atomic E-state index is 0.0540. The quantitative estimate of drug-likeness (QED) is 0.775. The predicted molar refractivity (Wildman–Crippen MR) is 83.3 cm³/mol. The van der Waals surface area contributed by atoms with E-state index < -0.39 is 5.82 Å². The summed E-state index contributed by atoms with van der Waals surface area (Å²) in [6, 6.07) is 6.93. The van der Waals surface area contributed by atoms with Crippen molar-refractivity contribution in [2.75, 3.05) is 0 Å². The largest absolute Gasteiger partial charge is 0.456 e. The van der Waals surface area contributed by atoms with Crippen LogP contribution in [0.25, 0.3) is 0 Å². The van der Waals surface area contributed by atoms with Gasteiger partial charge in [-0.3, -0.25) is 4.98 Å². The Kier molecular flexibility index (Phi) is 4.42. The van der Waals surface area contributed by atoms with E-state index in [1.807, 2.05) is 6.07 Å². The molecule has 1 aliphatic rings. The summed E-state index contributed by atoms with van der Waals surface area (Å²) in [6.07, 6.45) is 4.14. The molecule has 1 aliphatic carbocycles. The molecule has 0 unspecified atom stereocenters. The number of hydrogen-bond acceptors (Lipinski definition) is 3. The van der Waals surface area contributed by atoms with Gasteiger partial charge < -0.3 is 10.1 Å². The van der Waals surface area contributed by atoms with E-state index in [0.29, 0.717) is 28.6 Å². The van der Waals surface area contributed by atoms with Gasteiger partial charge in [-0.05, 0) is 40.9 Å². The Bertz CT molecular complexity index is 664. The van der Waals surface area contributed by atoms with Gasteiger partial charge in [0.25, 0.3) is 0 Å². The zero-order chi connectivity index (χ0) is 14.8. The number of nitrogens with zero attached hydrogens (tertiary/aromatic N) is 1. The van der Waals surface area contributed by atoms with Crippen molar-refractivity contribution in [1.29, 1.82) is 0 Å². The summed E-state index contributed by atoms with van der Waals surface area (Å²) in [5, 5.41) is 3.44. The summed E-state index contributed by atoms with van der Waals surface area (Å²) in [5.41, 5.74) is 0.893. The third-order valence-corrected chi connectivity index (χ3v) is 4.05. The van der Waals surface area contributed by atoms with Gasteiger partial charge >= 0.3 is 0 Å². The fourth-order valence-corrected chi connectivity index (χ4v) is 2.58. The zero-order valence-electron chi connectivity index (χ0n) is 11.1. The van der Waals surface area contributed by atoms with Gasteiger partial charge in [0.1, 0.15) is 17.3 Å². The number of aromatic nitrogens is 1. The number of rotatable bonds is 5. The van der Waals surface area contributed by atoms with Gasteiger partial charge in [0, 0.05) is 30.9 Å². The molecule has 1 fully saturated rings. The molecule has 6 heteroatoms. The molecule has 0 radical (unpaired) electrons. The fraction of sp³-hybridized carbons (Fsp3) is 0.267. The molecule has 3 nitrogen and oxygen atoms in total. The minimum atomic E-state index is -0.514. The first-order chi connectivity index (χ1) is 10.1. The molecule has 1 aromatic carbocycles. The Morgan fingerprint density at radius 2 is 2.19 bits per heavy atom. The highest BCUT2D eigenvalue weighted by molar-refractivity contribution is 9.10. The smallest absolute Gasteiger partial charge is 0.145 e. The number of hydrogen-bond donors (Lipinski definition) is 1. The van der Waals surface area contributed by atoms with E-state index in [2.05, 4.69) is 26.2 Å². The molecular weight excluding hydrogens is 359 g/mol. The van der Waals surface area contributed by atoms with Crippen LogP contribution in [-0.2, 0) is 6.54 Å². The molecule has 0 spiro atoms. The van der Waals surface area contributed by atoms with E-state index in [4.69, 9.17) is 16.3 Å². The lowest BCUT2D eigenvalue weighted by Crippen LogP contribution is -2.16. The van der Waals surface area contributed by atoms with Crippen LogP contribution >= 0.6 is 27.5 Å². The Balaban J connectivity index is 1.74. The normalized spacial score (nSPS) is 14.2. The second-order valence-corrected chi connectivity index (χ2v) is 6.20. The lowest BCUT2D eigenvalue weighted by atomic mass is 10.3. The molecule has 1 N–H and O–H groups in total. The number of ether oxygens (including phenoxy) is 1. The van der Waals surface area contributed by atoms with Crippen LogP contribution in [0.2, 0.25) is 5.02 Å². The van der Waals surface area contributed by atoms with Gasteiger partial charge in [-0.25, -0.2) is 4.39 Å².